The fraction of sp³-hybridized carbons (Fsp3) is 0.154. The van der Waals surface area contributed by atoms with Crippen molar-refractivity contribution in [3.63, 3.8) is 0 Å². The van der Waals surface area contributed by atoms with Crippen LogP contribution < -0.4 is 4.74 Å². The highest BCUT2D eigenvalue weighted by Gasteiger charge is 2.07. The van der Waals surface area contributed by atoms with Gasteiger partial charge in [-0.2, -0.15) is 0 Å². The molecule has 0 unspecified atom stereocenters. The van der Waals surface area contributed by atoms with Gasteiger partial charge in [0.2, 0.25) is 0 Å². The minimum absolute atomic E-state index is 0.0614. The van der Waals surface area contributed by atoms with Crippen molar-refractivity contribution in [2.45, 2.75) is 6.61 Å². The van der Waals surface area contributed by atoms with Crippen LogP contribution in [0.2, 0.25) is 0 Å². The number of hydrogen-bond donors (Lipinski definition) is 1. The van der Waals surface area contributed by atoms with E-state index in [9.17, 15) is 0 Å². The summed E-state index contributed by atoms with van der Waals surface area (Å²) < 4.78 is 7.07. The maximum atomic E-state index is 9.06. The zero-order valence-electron chi connectivity index (χ0n) is 9.83. The predicted molar refractivity (Wildman–Crippen MR) is 71.0 cm³/mol. The number of fused-ring (bicyclic) bond motifs is 1. The second-order valence-corrected chi connectivity index (χ2v) is 4.99. The van der Waals surface area contributed by atoms with Crippen molar-refractivity contribution < 1.29 is 9.84 Å². The monoisotopic (exact) mass is 260 g/mol. The van der Waals surface area contributed by atoms with Crippen molar-refractivity contribution in [3.8, 4) is 17.0 Å². The number of ether oxygens (including phenoxy) is 1. The van der Waals surface area contributed by atoms with Crippen LogP contribution in [0.1, 0.15) is 4.88 Å². The van der Waals surface area contributed by atoms with Crippen molar-refractivity contribution in [3.05, 3.63) is 41.5 Å². The van der Waals surface area contributed by atoms with Gasteiger partial charge in [0.1, 0.15) is 5.75 Å². The Morgan fingerprint density at radius 2 is 2.06 bits per heavy atom. The van der Waals surface area contributed by atoms with Crippen molar-refractivity contribution in [2.24, 2.45) is 0 Å². The predicted octanol–water partition coefficient (Wildman–Crippen LogP) is 2.56. The zero-order valence-corrected chi connectivity index (χ0v) is 10.6. The standard InChI is InChI=1S/C13H12N2O2S/c1-17-10-4-2-9(3-5-10)12-7-15-6-11(8-16)18-13(15)14-12/h2-7,16H,8H2,1H3. The minimum Gasteiger partial charge on any atom is -0.497 e. The highest BCUT2D eigenvalue weighted by atomic mass is 32.1. The highest BCUT2D eigenvalue weighted by Crippen LogP contribution is 2.25. The van der Waals surface area contributed by atoms with Gasteiger partial charge in [0.15, 0.2) is 4.96 Å². The van der Waals surface area contributed by atoms with E-state index in [1.807, 2.05) is 41.1 Å². The second kappa shape index (κ2) is 4.44. The first kappa shape index (κ1) is 11.3. The number of aromatic nitrogens is 2. The summed E-state index contributed by atoms with van der Waals surface area (Å²) in [5, 5.41) is 9.06. The van der Waals surface area contributed by atoms with Crippen LogP contribution in [0.5, 0.6) is 5.75 Å². The van der Waals surface area contributed by atoms with Gasteiger partial charge in [-0.05, 0) is 24.3 Å². The van der Waals surface area contributed by atoms with Crippen LogP contribution in [0.15, 0.2) is 36.7 Å². The molecule has 0 radical (unpaired) electrons. The molecule has 4 nitrogen and oxygen atoms in total. The summed E-state index contributed by atoms with van der Waals surface area (Å²) in [6.45, 7) is 0.0614. The molecule has 0 aliphatic carbocycles. The molecule has 2 aromatic heterocycles. The smallest absolute Gasteiger partial charge is 0.194 e. The highest BCUT2D eigenvalue weighted by molar-refractivity contribution is 7.17. The van der Waals surface area contributed by atoms with Crippen LogP contribution in [0.4, 0.5) is 0 Å². The van der Waals surface area contributed by atoms with Crippen molar-refractivity contribution in [2.75, 3.05) is 7.11 Å². The van der Waals surface area contributed by atoms with Gasteiger partial charge in [-0.15, -0.1) is 0 Å². The number of thiazole rings is 1. The fourth-order valence-electron chi connectivity index (χ4n) is 1.82. The molecule has 0 atom stereocenters. The van der Waals surface area contributed by atoms with Crippen LogP contribution in [-0.2, 0) is 6.61 Å². The van der Waals surface area contributed by atoms with Crippen molar-refractivity contribution >= 4 is 16.3 Å². The third-order valence-electron chi connectivity index (χ3n) is 2.75. The van der Waals surface area contributed by atoms with Crippen LogP contribution in [0.3, 0.4) is 0 Å². The average molecular weight is 260 g/mol. The summed E-state index contributed by atoms with van der Waals surface area (Å²) in [5.74, 6) is 0.835. The normalized spacial score (nSPS) is 11.0. The van der Waals surface area contributed by atoms with Crippen LogP contribution in [0.25, 0.3) is 16.2 Å². The van der Waals surface area contributed by atoms with Gasteiger partial charge < -0.3 is 9.84 Å². The third kappa shape index (κ3) is 1.87. The maximum absolute atomic E-state index is 9.06. The fourth-order valence-corrected chi connectivity index (χ4v) is 2.64. The van der Waals surface area contributed by atoms with Gasteiger partial charge >= 0.3 is 0 Å². The number of methoxy groups -OCH3 is 1. The minimum atomic E-state index is 0.0614. The number of aliphatic hydroxyl groups is 1. The summed E-state index contributed by atoms with van der Waals surface area (Å²) in [5.41, 5.74) is 1.98. The Hall–Kier alpha value is -1.85. The molecule has 3 aromatic rings. The summed E-state index contributed by atoms with van der Waals surface area (Å²) in [4.78, 5) is 6.35. The topological polar surface area (TPSA) is 46.8 Å². The Morgan fingerprint density at radius 3 is 2.67 bits per heavy atom. The molecule has 18 heavy (non-hydrogen) atoms. The quantitative estimate of drug-likeness (QED) is 0.787. The van der Waals surface area contributed by atoms with Crippen LogP contribution >= 0.6 is 11.3 Å². The molecule has 1 N–H and O–H groups in total. The van der Waals surface area contributed by atoms with E-state index >= 15 is 0 Å². The summed E-state index contributed by atoms with van der Waals surface area (Å²) >= 11 is 1.50. The van der Waals surface area contributed by atoms with E-state index in [4.69, 9.17) is 9.84 Å². The number of benzene rings is 1. The lowest BCUT2D eigenvalue weighted by Gasteiger charge is -2.00. The number of hydrogen-bond acceptors (Lipinski definition) is 4. The number of nitrogens with zero attached hydrogens (tertiary/aromatic N) is 2. The Balaban J connectivity index is 1.99. The Kier molecular flexibility index (Phi) is 2.77. The molecule has 0 fully saturated rings. The lowest BCUT2D eigenvalue weighted by molar-refractivity contribution is 0.285. The first-order valence-corrected chi connectivity index (χ1v) is 6.34. The summed E-state index contributed by atoms with van der Waals surface area (Å²) in [6.07, 6.45) is 3.87. The van der Waals surface area contributed by atoms with E-state index in [0.717, 1.165) is 26.8 Å². The number of aliphatic hydroxyl groups excluding tert-OH is 1. The van der Waals surface area contributed by atoms with Gasteiger partial charge in [-0.1, -0.05) is 11.3 Å². The molecule has 0 saturated heterocycles. The van der Waals surface area contributed by atoms with E-state index in [1.54, 1.807) is 7.11 Å². The molecule has 5 heteroatoms. The maximum Gasteiger partial charge on any atom is 0.194 e. The Bertz CT molecular complexity index is 638. The molecule has 2 heterocycles. The van der Waals surface area contributed by atoms with E-state index in [2.05, 4.69) is 4.98 Å². The molecule has 1 aromatic carbocycles. The SMILES string of the molecule is COc1ccc(-c2cn3cc(CO)sc3n2)cc1. The second-order valence-electron chi connectivity index (χ2n) is 3.90. The zero-order chi connectivity index (χ0) is 12.5. The van der Waals surface area contributed by atoms with Gasteiger partial charge in [0.25, 0.3) is 0 Å². The van der Waals surface area contributed by atoms with Gasteiger partial charge in [0.05, 0.1) is 24.3 Å². The largest absolute Gasteiger partial charge is 0.497 e. The first-order chi connectivity index (χ1) is 8.80. The molecule has 0 aliphatic heterocycles. The Morgan fingerprint density at radius 1 is 1.28 bits per heavy atom. The number of rotatable bonds is 3. The molecule has 0 bridgehead atoms. The van der Waals surface area contributed by atoms with E-state index < -0.39 is 0 Å². The molecule has 0 aliphatic rings. The lowest BCUT2D eigenvalue weighted by Crippen LogP contribution is -1.82. The molecule has 0 spiro atoms. The molecule has 3 rings (SSSR count). The molecular weight excluding hydrogens is 248 g/mol. The van der Waals surface area contributed by atoms with Crippen LogP contribution in [0, 0.1) is 0 Å². The van der Waals surface area contributed by atoms with E-state index in [1.165, 1.54) is 11.3 Å². The van der Waals surface area contributed by atoms with Gasteiger partial charge in [-0.3, -0.25) is 4.40 Å². The van der Waals surface area contributed by atoms with E-state index in [0.29, 0.717) is 0 Å². The lowest BCUT2D eigenvalue weighted by atomic mass is 10.2. The molecule has 92 valence electrons. The van der Waals surface area contributed by atoms with Crippen LogP contribution in [-0.4, -0.2) is 21.6 Å². The van der Waals surface area contributed by atoms with Gasteiger partial charge in [0, 0.05) is 18.0 Å². The average Bonchev–Trinajstić information content (AvgIpc) is 2.96. The molecular formula is C13H12N2O2S. The van der Waals surface area contributed by atoms with E-state index in [-0.39, 0.29) is 6.61 Å². The van der Waals surface area contributed by atoms with Crippen molar-refractivity contribution in [1.82, 2.24) is 9.38 Å². The number of imidazole rings is 1. The Labute approximate surface area is 108 Å². The summed E-state index contributed by atoms with van der Waals surface area (Å²) in [6, 6.07) is 7.81. The third-order valence-corrected chi connectivity index (χ3v) is 3.73. The molecule has 0 saturated carbocycles. The molecule has 0 amide bonds. The summed E-state index contributed by atoms with van der Waals surface area (Å²) in [7, 11) is 1.65. The van der Waals surface area contributed by atoms with Crippen molar-refractivity contribution in [1.29, 1.82) is 0 Å². The van der Waals surface area contributed by atoms with Gasteiger partial charge in [-0.25, -0.2) is 4.98 Å². The first-order valence-electron chi connectivity index (χ1n) is 5.53.